The molecular formula is C18H14N4O. The van der Waals surface area contributed by atoms with Crippen LogP contribution in [0.1, 0.15) is 24.0 Å². The number of hydrogen-bond acceptors (Lipinski definition) is 4. The molecular weight excluding hydrogens is 288 g/mol. The molecule has 1 aliphatic carbocycles. The van der Waals surface area contributed by atoms with Crippen LogP contribution in [0.3, 0.4) is 0 Å². The third-order valence-electron chi connectivity index (χ3n) is 3.65. The van der Waals surface area contributed by atoms with Gasteiger partial charge in [-0.1, -0.05) is 12.1 Å². The molecule has 23 heavy (non-hydrogen) atoms. The van der Waals surface area contributed by atoms with Crippen LogP contribution in [0.2, 0.25) is 0 Å². The summed E-state index contributed by atoms with van der Waals surface area (Å²) in [5.74, 6) is 0.174. The molecule has 0 heterocycles. The van der Waals surface area contributed by atoms with Gasteiger partial charge in [0.1, 0.15) is 12.1 Å². The average Bonchev–Trinajstić information content (AvgIpc) is 3.40. The molecule has 0 aromatic heterocycles. The van der Waals surface area contributed by atoms with Crippen LogP contribution in [-0.4, -0.2) is 5.91 Å². The molecule has 2 aromatic rings. The molecule has 0 aliphatic heterocycles. The van der Waals surface area contributed by atoms with E-state index < -0.39 is 0 Å². The lowest BCUT2D eigenvalue weighted by atomic mass is 10.1. The van der Waals surface area contributed by atoms with E-state index in [1.165, 1.54) is 0 Å². The van der Waals surface area contributed by atoms with Crippen LogP contribution in [0.5, 0.6) is 0 Å². The van der Waals surface area contributed by atoms with Gasteiger partial charge in [-0.2, -0.15) is 10.5 Å². The molecule has 112 valence electrons. The quantitative estimate of drug-likeness (QED) is 0.904. The Bertz CT molecular complexity index is 809. The zero-order valence-corrected chi connectivity index (χ0v) is 12.3. The number of amides is 1. The number of anilines is 3. The molecule has 3 rings (SSSR count). The Hall–Kier alpha value is -3.31. The lowest BCUT2D eigenvalue weighted by Gasteiger charge is -2.12. The molecule has 0 unspecified atom stereocenters. The van der Waals surface area contributed by atoms with E-state index in [4.69, 9.17) is 0 Å². The van der Waals surface area contributed by atoms with Gasteiger partial charge in [0.2, 0.25) is 5.91 Å². The molecule has 1 saturated carbocycles. The topological polar surface area (TPSA) is 88.7 Å². The summed E-state index contributed by atoms with van der Waals surface area (Å²) in [5, 5.41) is 24.4. The number of nitriles is 2. The first-order valence-electron chi connectivity index (χ1n) is 7.32. The van der Waals surface area contributed by atoms with Crippen LogP contribution in [0, 0.1) is 28.6 Å². The zero-order valence-electron chi connectivity index (χ0n) is 12.3. The Labute approximate surface area is 134 Å². The maximum Gasteiger partial charge on any atom is 0.227 e. The summed E-state index contributed by atoms with van der Waals surface area (Å²) in [6.45, 7) is 0. The predicted molar refractivity (Wildman–Crippen MR) is 87.0 cm³/mol. The van der Waals surface area contributed by atoms with Crippen LogP contribution < -0.4 is 10.6 Å². The number of rotatable bonds is 4. The molecule has 0 spiro atoms. The second kappa shape index (κ2) is 6.21. The zero-order chi connectivity index (χ0) is 16.2. The maximum atomic E-state index is 11.8. The third-order valence-corrected chi connectivity index (χ3v) is 3.65. The van der Waals surface area contributed by atoms with Crippen molar-refractivity contribution in [3.05, 3.63) is 53.6 Å². The molecule has 2 aromatic carbocycles. The van der Waals surface area contributed by atoms with Crippen molar-refractivity contribution in [1.29, 1.82) is 10.5 Å². The predicted octanol–water partition coefficient (Wildman–Crippen LogP) is 3.52. The van der Waals surface area contributed by atoms with Gasteiger partial charge < -0.3 is 10.6 Å². The highest BCUT2D eigenvalue weighted by atomic mass is 16.2. The fourth-order valence-electron chi connectivity index (χ4n) is 2.28. The van der Waals surface area contributed by atoms with Gasteiger partial charge in [-0.05, 0) is 43.2 Å². The SMILES string of the molecule is N#Cc1cccc(C#N)c1Nc1cccc(NC(=O)C2CC2)c1. The highest BCUT2D eigenvalue weighted by molar-refractivity contribution is 5.94. The van der Waals surface area contributed by atoms with Crippen LogP contribution in [0.4, 0.5) is 17.1 Å². The average molecular weight is 302 g/mol. The fraction of sp³-hybridized carbons (Fsp3) is 0.167. The highest BCUT2D eigenvalue weighted by Crippen LogP contribution is 2.31. The van der Waals surface area contributed by atoms with Crippen molar-refractivity contribution in [3.63, 3.8) is 0 Å². The maximum absolute atomic E-state index is 11.8. The van der Waals surface area contributed by atoms with Crippen molar-refractivity contribution in [3.8, 4) is 12.1 Å². The fourth-order valence-corrected chi connectivity index (χ4v) is 2.28. The summed E-state index contributed by atoms with van der Waals surface area (Å²) in [7, 11) is 0. The Balaban J connectivity index is 1.85. The number of para-hydroxylation sites is 1. The lowest BCUT2D eigenvalue weighted by Crippen LogP contribution is -2.13. The van der Waals surface area contributed by atoms with E-state index in [1.54, 1.807) is 24.3 Å². The van der Waals surface area contributed by atoms with Gasteiger partial charge in [-0.3, -0.25) is 4.79 Å². The lowest BCUT2D eigenvalue weighted by molar-refractivity contribution is -0.117. The monoisotopic (exact) mass is 302 g/mol. The summed E-state index contributed by atoms with van der Waals surface area (Å²) >= 11 is 0. The number of hydrogen-bond donors (Lipinski definition) is 2. The van der Waals surface area contributed by atoms with Crippen molar-refractivity contribution in [2.24, 2.45) is 5.92 Å². The minimum atomic E-state index is 0.0392. The Morgan fingerprint density at radius 3 is 2.22 bits per heavy atom. The number of nitrogens with zero attached hydrogens (tertiary/aromatic N) is 2. The molecule has 5 heteroatoms. The standard InChI is InChI=1S/C18H14N4O/c19-10-13-3-1-4-14(11-20)17(13)21-15-5-2-6-16(9-15)22-18(23)12-7-8-12/h1-6,9,12,21H,7-8H2,(H,22,23). The molecule has 0 saturated heterocycles. The Kier molecular flexibility index (Phi) is 3.95. The van der Waals surface area contributed by atoms with E-state index in [1.807, 2.05) is 18.2 Å². The van der Waals surface area contributed by atoms with Gasteiger partial charge in [-0.25, -0.2) is 0 Å². The summed E-state index contributed by atoms with van der Waals surface area (Å²) < 4.78 is 0. The second-order valence-electron chi connectivity index (χ2n) is 5.42. The summed E-state index contributed by atoms with van der Waals surface area (Å²) in [6.07, 6.45) is 1.90. The largest absolute Gasteiger partial charge is 0.353 e. The van der Waals surface area contributed by atoms with Gasteiger partial charge in [0.25, 0.3) is 0 Å². The van der Waals surface area contributed by atoms with E-state index >= 15 is 0 Å². The first kappa shape index (κ1) is 14.6. The molecule has 1 aliphatic rings. The van der Waals surface area contributed by atoms with Crippen LogP contribution in [0.15, 0.2) is 42.5 Å². The molecule has 1 fully saturated rings. The van der Waals surface area contributed by atoms with Crippen molar-refractivity contribution >= 4 is 23.0 Å². The molecule has 5 nitrogen and oxygen atoms in total. The Morgan fingerprint density at radius 1 is 1.00 bits per heavy atom. The van der Waals surface area contributed by atoms with E-state index in [-0.39, 0.29) is 11.8 Å². The normalized spacial score (nSPS) is 12.8. The Morgan fingerprint density at radius 2 is 1.61 bits per heavy atom. The first-order chi connectivity index (χ1) is 11.2. The molecule has 0 atom stereocenters. The van der Waals surface area contributed by atoms with Crippen LogP contribution in [-0.2, 0) is 4.79 Å². The summed E-state index contributed by atoms with van der Waals surface area (Å²) in [6, 6.07) is 16.4. The van der Waals surface area contributed by atoms with Crippen LogP contribution in [0.25, 0.3) is 0 Å². The molecule has 1 amide bonds. The van der Waals surface area contributed by atoms with Gasteiger partial charge >= 0.3 is 0 Å². The van der Waals surface area contributed by atoms with E-state index in [9.17, 15) is 15.3 Å². The number of carbonyl (C=O) groups is 1. The summed E-state index contributed by atoms with van der Waals surface area (Å²) in [5.41, 5.74) is 2.67. The van der Waals surface area contributed by atoms with Gasteiger partial charge in [-0.15, -0.1) is 0 Å². The minimum absolute atomic E-state index is 0.0392. The van der Waals surface area contributed by atoms with E-state index in [2.05, 4.69) is 22.8 Å². The van der Waals surface area contributed by atoms with E-state index in [0.29, 0.717) is 28.2 Å². The van der Waals surface area contributed by atoms with Gasteiger partial charge in [0, 0.05) is 17.3 Å². The number of nitrogens with one attached hydrogen (secondary N) is 2. The van der Waals surface area contributed by atoms with Crippen molar-refractivity contribution in [1.82, 2.24) is 0 Å². The number of benzene rings is 2. The van der Waals surface area contributed by atoms with Crippen molar-refractivity contribution in [2.75, 3.05) is 10.6 Å². The van der Waals surface area contributed by atoms with E-state index in [0.717, 1.165) is 12.8 Å². The summed E-state index contributed by atoms with van der Waals surface area (Å²) in [4.78, 5) is 11.8. The van der Waals surface area contributed by atoms with Gasteiger partial charge in [0.05, 0.1) is 16.8 Å². The smallest absolute Gasteiger partial charge is 0.227 e. The number of carbonyl (C=O) groups excluding carboxylic acids is 1. The minimum Gasteiger partial charge on any atom is -0.353 e. The highest BCUT2D eigenvalue weighted by Gasteiger charge is 2.29. The second-order valence-corrected chi connectivity index (χ2v) is 5.42. The first-order valence-corrected chi connectivity index (χ1v) is 7.32. The van der Waals surface area contributed by atoms with Gasteiger partial charge in [0.15, 0.2) is 0 Å². The molecule has 2 N–H and O–H groups in total. The van der Waals surface area contributed by atoms with Crippen molar-refractivity contribution in [2.45, 2.75) is 12.8 Å². The van der Waals surface area contributed by atoms with Crippen molar-refractivity contribution < 1.29 is 4.79 Å². The third kappa shape index (κ3) is 3.30. The van der Waals surface area contributed by atoms with Crippen LogP contribution >= 0.6 is 0 Å². The molecule has 0 radical (unpaired) electrons. The molecule has 0 bridgehead atoms.